The van der Waals surface area contributed by atoms with Crippen molar-refractivity contribution in [1.82, 2.24) is 4.90 Å². The lowest BCUT2D eigenvalue weighted by Crippen LogP contribution is -2.38. The molecule has 0 aromatic heterocycles. The average molecular weight is 378 g/mol. The van der Waals surface area contributed by atoms with Crippen LogP contribution in [0, 0.1) is 11.8 Å². The molecule has 0 bridgehead atoms. The largest absolute Gasteiger partial charge is 0.455 e. The topological polar surface area (TPSA) is 75.7 Å². The zero-order valence-corrected chi connectivity index (χ0v) is 15.5. The van der Waals surface area contributed by atoms with Gasteiger partial charge in [0.2, 0.25) is 17.7 Å². The van der Waals surface area contributed by atoms with E-state index in [9.17, 15) is 14.4 Å². The van der Waals surface area contributed by atoms with E-state index in [-0.39, 0.29) is 30.2 Å². The van der Waals surface area contributed by atoms with Gasteiger partial charge in [0.15, 0.2) is 5.75 Å². The van der Waals surface area contributed by atoms with Crippen LogP contribution in [0.2, 0.25) is 0 Å². The molecule has 144 valence electrons. The SMILES string of the molecule is O=C(CN1C(=O)[C@@H]2CCCC[C@H]2C1=O)Nc1ccccc1Oc1ccccc1. The summed E-state index contributed by atoms with van der Waals surface area (Å²) in [7, 11) is 0. The second-order valence-electron chi connectivity index (χ2n) is 7.22. The molecule has 2 aliphatic rings. The van der Waals surface area contributed by atoms with E-state index in [1.807, 2.05) is 36.4 Å². The Balaban J connectivity index is 1.44. The Labute approximate surface area is 163 Å². The first kappa shape index (κ1) is 18.2. The van der Waals surface area contributed by atoms with Gasteiger partial charge < -0.3 is 10.1 Å². The van der Waals surface area contributed by atoms with Gasteiger partial charge in [-0.1, -0.05) is 43.2 Å². The summed E-state index contributed by atoms with van der Waals surface area (Å²) < 4.78 is 5.84. The van der Waals surface area contributed by atoms with E-state index in [1.165, 1.54) is 0 Å². The number of hydrogen-bond donors (Lipinski definition) is 1. The van der Waals surface area contributed by atoms with Gasteiger partial charge in [0.05, 0.1) is 17.5 Å². The standard InChI is InChI=1S/C22H22N2O4/c25-20(14-24-21(26)16-10-4-5-11-17(16)22(24)27)23-18-12-6-7-13-19(18)28-15-8-2-1-3-9-15/h1-3,6-9,12-13,16-17H,4-5,10-11,14H2,(H,23,25)/t16-,17-/m1/s1. The fourth-order valence-corrected chi connectivity index (χ4v) is 3.99. The predicted molar refractivity (Wildman–Crippen MR) is 104 cm³/mol. The molecule has 0 radical (unpaired) electrons. The number of nitrogens with zero attached hydrogens (tertiary/aromatic N) is 1. The first-order valence-electron chi connectivity index (χ1n) is 9.60. The van der Waals surface area contributed by atoms with Crippen LogP contribution in [0.1, 0.15) is 25.7 Å². The Morgan fingerprint density at radius 3 is 2.21 bits per heavy atom. The van der Waals surface area contributed by atoms with Gasteiger partial charge in [0.1, 0.15) is 12.3 Å². The number of imide groups is 1. The lowest BCUT2D eigenvalue weighted by atomic mass is 9.81. The number of rotatable bonds is 5. The number of nitrogens with one attached hydrogen (secondary N) is 1. The van der Waals surface area contributed by atoms with E-state index < -0.39 is 5.91 Å². The van der Waals surface area contributed by atoms with Gasteiger partial charge >= 0.3 is 0 Å². The molecule has 2 aromatic carbocycles. The molecular weight excluding hydrogens is 356 g/mol. The van der Waals surface area contributed by atoms with Crippen LogP contribution in [0.4, 0.5) is 5.69 Å². The lowest BCUT2D eigenvalue weighted by Gasteiger charge is -2.19. The summed E-state index contributed by atoms with van der Waals surface area (Å²) in [5.41, 5.74) is 0.493. The summed E-state index contributed by atoms with van der Waals surface area (Å²) in [6.07, 6.45) is 3.40. The average Bonchev–Trinajstić information content (AvgIpc) is 2.95. The molecule has 2 atom stereocenters. The molecule has 3 amide bonds. The van der Waals surface area contributed by atoms with Gasteiger partial charge in [-0.3, -0.25) is 19.3 Å². The fraction of sp³-hybridized carbons (Fsp3) is 0.318. The van der Waals surface area contributed by atoms with Crippen molar-refractivity contribution < 1.29 is 19.1 Å². The van der Waals surface area contributed by atoms with Crippen LogP contribution < -0.4 is 10.1 Å². The number of ether oxygens (including phenoxy) is 1. The van der Waals surface area contributed by atoms with E-state index in [0.29, 0.717) is 17.2 Å². The van der Waals surface area contributed by atoms with Gasteiger partial charge in [-0.25, -0.2) is 0 Å². The van der Waals surface area contributed by atoms with Crippen molar-refractivity contribution in [2.75, 3.05) is 11.9 Å². The fourth-order valence-electron chi connectivity index (χ4n) is 3.99. The van der Waals surface area contributed by atoms with Crippen molar-refractivity contribution in [3.05, 3.63) is 54.6 Å². The van der Waals surface area contributed by atoms with Crippen LogP contribution in [0.5, 0.6) is 11.5 Å². The van der Waals surface area contributed by atoms with Gasteiger partial charge in [0, 0.05) is 0 Å². The number of carbonyl (C=O) groups is 3. The maximum absolute atomic E-state index is 12.6. The lowest BCUT2D eigenvalue weighted by molar-refractivity contribution is -0.142. The van der Waals surface area contributed by atoms with Crippen molar-refractivity contribution in [1.29, 1.82) is 0 Å². The molecule has 1 heterocycles. The Hall–Kier alpha value is -3.15. The number of hydrogen-bond acceptors (Lipinski definition) is 4. The number of amides is 3. The highest BCUT2D eigenvalue weighted by molar-refractivity contribution is 6.08. The van der Waals surface area contributed by atoms with Crippen LogP contribution in [-0.2, 0) is 14.4 Å². The van der Waals surface area contributed by atoms with Crippen LogP contribution in [-0.4, -0.2) is 29.2 Å². The van der Waals surface area contributed by atoms with Gasteiger partial charge in [-0.2, -0.15) is 0 Å². The maximum atomic E-state index is 12.6. The minimum atomic E-state index is -0.413. The van der Waals surface area contributed by atoms with Crippen molar-refractivity contribution in [2.45, 2.75) is 25.7 Å². The van der Waals surface area contributed by atoms with Gasteiger partial charge in [-0.05, 0) is 37.1 Å². The molecule has 1 saturated carbocycles. The van der Waals surface area contributed by atoms with Crippen LogP contribution in [0.25, 0.3) is 0 Å². The van der Waals surface area contributed by atoms with Crippen LogP contribution in [0.3, 0.4) is 0 Å². The molecule has 2 fully saturated rings. The summed E-state index contributed by atoms with van der Waals surface area (Å²) in [5.74, 6) is -0.180. The normalized spacial score (nSPS) is 21.4. The molecular formula is C22H22N2O4. The van der Waals surface area contributed by atoms with Crippen LogP contribution >= 0.6 is 0 Å². The van der Waals surface area contributed by atoms with Gasteiger partial charge in [0.25, 0.3) is 0 Å². The first-order chi connectivity index (χ1) is 13.6. The number of carbonyl (C=O) groups excluding carboxylic acids is 3. The molecule has 1 aliphatic carbocycles. The minimum Gasteiger partial charge on any atom is -0.455 e. The number of fused-ring (bicyclic) bond motifs is 1. The van der Waals surface area contributed by atoms with E-state index in [1.54, 1.807) is 18.2 Å². The number of benzene rings is 2. The van der Waals surface area contributed by atoms with Crippen molar-refractivity contribution in [3.63, 3.8) is 0 Å². The first-order valence-corrected chi connectivity index (χ1v) is 9.60. The third-order valence-corrected chi connectivity index (χ3v) is 5.37. The van der Waals surface area contributed by atoms with Crippen molar-refractivity contribution in [2.24, 2.45) is 11.8 Å². The molecule has 0 unspecified atom stereocenters. The highest BCUT2D eigenvalue weighted by Crippen LogP contribution is 2.38. The molecule has 2 aromatic rings. The Kier molecular flexibility index (Phi) is 5.10. The van der Waals surface area contributed by atoms with Crippen LogP contribution in [0.15, 0.2) is 54.6 Å². The summed E-state index contributed by atoms with van der Waals surface area (Å²) in [4.78, 5) is 38.8. The smallest absolute Gasteiger partial charge is 0.244 e. The molecule has 28 heavy (non-hydrogen) atoms. The predicted octanol–water partition coefficient (Wildman–Crippen LogP) is 3.59. The molecule has 6 heteroatoms. The van der Waals surface area contributed by atoms with E-state index in [0.717, 1.165) is 30.6 Å². The molecule has 1 N–H and O–H groups in total. The molecule has 1 aliphatic heterocycles. The van der Waals surface area contributed by atoms with E-state index in [2.05, 4.69) is 5.32 Å². The third kappa shape index (κ3) is 3.63. The number of anilines is 1. The maximum Gasteiger partial charge on any atom is 0.244 e. The zero-order valence-electron chi connectivity index (χ0n) is 15.5. The Bertz CT molecular complexity index is 872. The zero-order chi connectivity index (χ0) is 19.5. The minimum absolute atomic E-state index is 0.210. The van der Waals surface area contributed by atoms with Crippen molar-refractivity contribution in [3.8, 4) is 11.5 Å². The summed E-state index contributed by atoms with van der Waals surface area (Å²) in [6, 6.07) is 16.3. The van der Waals surface area contributed by atoms with Gasteiger partial charge in [-0.15, -0.1) is 0 Å². The Morgan fingerprint density at radius 1 is 0.929 bits per heavy atom. The molecule has 6 nitrogen and oxygen atoms in total. The summed E-state index contributed by atoms with van der Waals surface area (Å²) in [5, 5.41) is 2.77. The molecule has 0 spiro atoms. The van der Waals surface area contributed by atoms with E-state index in [4.69, 9.17) is 4.74 Å². The van der Waals surface area contributed by atoms with Crippen molar-refractivity contribution >= 4 is 23.4 Å². The molecule has 1 saturated heterocycles. The Morgan fingerprint density at radius 2 is 1.54 bits per heavy atom. The molecule has 4 rings (SSSR count). The highest BCUT2D eigenvalue weighted by Gasteiger charge is 2.48. The second kappa shape index (κ2) is 7.84. The number of para-hydroxylation sites is 3. The number of likely N-dealkylation sites (tertiary alicyclic amines) is 1. The summed E-state index contributed by atoms with van der Waals surface area (Å²) in [6.45, 7) is -0.260. The highest BCUT2D eigenvalue weighted by atomic mass is 16.5. The monoisotopic (exact) mass is 378 g/mol. The quantitative estimate of drug-likeness (QED) is 0.807. The summed E-state index contributed by atoms with van der Waals surface area (Å²) >= 11 is 0. The third-order valence-electron chi connectivity index (χ3n) is 5.37. The second-order valence-corrected chi connectivity index (χ2v) is 7.22. The van der Waals surface area contributed by atoms with E-state index >= 15 is 0 Å².